The highest BCUT2D eigenvalue weighted by atomic mass is 16.5. The number of aromatic nitrogens is 2. The summed E-state index contributed by atoms with van der Waals surface area (Å²) in [7, 11) is 1.49. The monoisotopic (exact) mass is 226 g/mol. The summed E-state index contributed by atoms with van der Waals surface area (Å²) in [6.45, 7) is 0.578. The first-order chi connectivity index (χ1) is 7.67. The molecule has 1 aromatic rings. The number of hydrogen-bond donors (Lipinski definition) is 2. The number of carbonyl (C=O) groups is 1. The Bertz CT molecular complexity index is 415. The van der Waals surface area contributed by atoms with Crippen LogP contribution in [0, 0.1) is 0 Å². The topological polar surface area (TPSA) is 99.2 Å². The first kappa shape index (κ1) is 12.2. The summed E-state index contributed by atoms with van der Waals surface area (Å²) in [6, 6.07) is 1.27. The molecule has 1 amide bonds. The number of carbonyl (C=O) groups excluding carboxylic acids is 1. The van der Waals surface area contributed by atoms with Gasteiger partial charge in [-0.3, -0.25) is 9.59 Å². The molecule has 0 spiro atoms. The molecule has 7 nitrogen and oxygen atoms in total. The third kappa shape index (κ3) is 3.35. The molecular formula is C9H14N4O3. The maximum Gasteiger partial charge on any atom is 0.270 e. The van der Waals surface area contributed by atoms with E-state index in [2.05, 4.69) is 10.4 Å². The third-order valence-corrected chi connectivity index (χ3v) is 1.80. The summed E-state index contributed by atoms with van der Waals surface area (Å²) in [5.74, 6) is 0.0637. The molecule has 0 unspecified atom stereocenters. The maximum atomic E-state index is 11.5. The van der Waals surface area contributed by atoms with Gasteiger partial charge in [-0.25, -0.2) is 4.68 Å². The van der Waals surface area contributed by atoms with E-state index in [0.717, 1.165) is 4.68 Å². The molecule has 0 aliphatic carbocycles. The number of rotatable bonds is 5. The number of likely N-dealkylation sites (N-methyl/N-ethyl adjacent to an activating group) is 1. The quantitative estimate of drug-likeness (QED) is 0.625. The van der Waals surface area contributed by atoms with Crippen LogP contribution in [0.5, 0.6) is 5.75 Å². The second kappa shape index (κ2) is 5.86. The van der Waals surface area contributed by atoms with Gasteiger partial charge >= 0.3 is 0 Å². The number of nitrogens with two attached hydrogens (primary N) is 1. The van der Waals surface area contributed by atoms with Gasteiger partial charge in [0.05, 0.1) is 6.20 Å². The lowest BCUT2D eigenvalue weighted by atomic mass is 10.5. The predicted octanol–water partition coefficient (Wildman–Crippen LogP) is -1.67. The molecule has 0 radical (unpaired) electrons. The van der Waals surface area contributed by atoms with E-state index in [1.54, 1.807) is 0 Å². The van der Waals surface area contributed by atoms with Crippen LogP contribution in [0.2, 0.25) is 0 Å². The summed E-state index contributed by atoms with van der Waals surface area (Å²) in [5, 5.41) is 6.20. The zero-order valence-electron chi connectivity index (χ0n) is 8.97. The van der Waals surface area contributed by atoms with Gasteiger partial charge in [-0.15, -0.1) is 0 Å². The van der Waals surface area contributed by atoms with Gasteiger partial charge in [0.2, 0.25) is 5.91 Å². The molecule has 0 aromatic carbocycles. The van der Waals surface area contributed by atoms with Crippen molar-refractivity contribution in [1.82, 2.24) is 15.1 Å². The van der Waals surface area contributed by atoms with Crippen LogP contribution < -0.4 is 21.3 Å². The van der Waals surface area contributed by atoms with Crippen molar-refractivity contribution in [3.05, 3.63) is 22.6 Å². The minimum absolute atomic E-state index is 0.105. The summed E-state index contributed by atoms with van der Waals surface area (Å²) in [6.07, 6.45) is 1.38. The van der Waals surface area contributed by atoms with E-state index < -0.39 is 5.56 Å². The fourth-order valence-corrected chi connectivity index (χ4v) is 1.01. The molecule has 88 valence electrons. The first-order valence-electron chi connectivity index (χ1n) is 4.78. The Morgan fingerprint density at radius 1 is 1.69 bits per heavy atom. The van der Waals surface area contributed by atoms with Crippen LogP contribution in [-0.2, 0) is 11.3 Å². The molecule has 0 saturated heterocycles. The molecular weight excluding hydrogens is 212 g/mol. The number of hydrogen-bond acceptors (Lipinski definition) is 5. The standard InChI is InChI=1S/C9H14N4O3/c1-11-8(14)6-13-9(15)4-7(5-12-13)16-3-2-10/h4-5H,2-3,6,10H2,1H3,(H,11,14). The Labute approximate surface area is 92.2 Å². The maximum absolute atomic E-state index is 11.5. The van der Waals surface area contributed by atoms with Crippen LogP contribution in [0.4, 0.5) is 0 Å². The van der Waals surface area contributed by atoms with Crippen LogP contribution >= 0.6 is 0 Å². The summed E-state index contributed by atoms with van der Waals surface area (Å²) in [5.41, 5.74) is 4.86. The molecule has 0 bridgehead atoms. The molecule has 0 fully saturated rings. The Kier molecular flexibility index (Phi) is 4.46. The molecule has 16 heavy (non-hydrogen) atoms. The molecule has 1 aromatic heterocycles. The van der Waals surface area contributed by atoms with Crippen molar-refractivity contribution < 1.29 is 9.53 Å². The molecule has 1 heterocycles. The Morgan fingerprint density at radius 2 is 2.44 bits per heavy atom. The van der Waals surface area contributed by atoms with Crippen molar-refractivity contribution in [3.8, 4) is 5.75 Å². The number of ether oxygens (including phenoxy) is 1. The van der Waals surface area contributed by atoms with Crippen molar-refractivity contribution in [2.24, 2.45) is 5.73 Å². The largest absolute Gasteiger partial charge is 0.490 e. The highest BCUT2D eigenvalue weighted by molar-refractivity contribution is 5.75. The Balaban J connectivity index is 2.75. The predicted molar refractivity (Wildman–Crippen MR) is 57.1 cm³/mol. The lowest BCUT2D eigenvalue weighted by Gasteiger charge is -2.06. The van der Waals surface area contributed by atoms with Gasteiger partial charge in [0, 0.05) is 19.7 Å². The smallest absolute Gasteiger partial charge is 0.270 e. The summed E-state index contributed by atoms with van der Waals surface area (Å²) >= 11 is 0. The van der Waals surface area contributed by atoms with Crippen molar-refractivity contribution in [2.45, 2.75) is 6.54 Å². The molecule has 3 N–H and O–H groups in total. The van der Waals surface area contributed by atoms with E-state index in [0.29, 0.717) is 18.9 Å². The van der Waals surface area contributed by atoms with Gasteiger partial charge in [0.1, 0.15) is 18.9 Å². The minimum Gasteiger partial charge on any atom is -0.490 e. The second-order valence-electron chi connectivity index (χ2n) is 3.00. The SMILES string of the molecule is CNC(=O)Cn1ncc(OCCN)cc1=O. The van der Waals surface area contributed by atoms with E-state index in [4.69, 9.17) is 10.5 Å². The Morgan fingerprint density at radius 3 is 3.00 bits per heavy atom. The van der Waals surface area contributed by atoms with Gasteiger partial charge in [-0.2, -0.15) is 5.10 Å². The summed E-state index contributed by atoms with van der Waals surface area (Å²) in [4.78, 5) is 22.5. The van der Waals surface area contributed by atoms with Crippen molar-refractivity contribution in [1.29, 1.82) is 0 Å². The second-order valence-corrected chi connectivity index (χ2v) is 3.00. The van der Waals surface area contributed by atoms with Gasteiger partial charge in [-0.05, 0) is 0 Å². The average molecular weight is 226 g/mol. The fraction of sp³-hybridized carbons (Fsp3) is 0.444. The molecule has 0 aliphatic rings. The van der Waals surface area contributed by atoms with Crippen molar-refractivity contribution >= 4 is 5.91 Å². The van der Waals surface area contributed by atoms with Crippen LogP contribution in [0.25, 0.3) is 0 Å². The highest BCUT2D eigenvalue weighted by Crippen LogP contribution is 2.02. The van der Waals surface area contributed by atoms with E-state index in [-0.39, 0.29) is 12.5 Å². The van der Waals surface area contributed by atoms with Crippen molar-refractivity contribution in [3.63, 3.8) is 0 Å². The zero-order chi connectivity index (χ0) is 12.0. The summed E-state index contributed by atoms with van der Waals surface area (Å²) < 4.78 is 6.17. The molecule has 0 saturated carbocycles. The van der Waals surface area contributed by atoms with E-state index in [9.17, 15) is 9.59 Å². The van der Waals surface area contributed by atoms with Gasteiger partial charge in [0.25, 0.3) is 5.56 Å². The van der Waals surface area contributed by atoms with E-state index in [1.165, 1.54) is 19.3 Å². The fourth-order valence-electron chi connectivity index (χ4n) is 1.01. The first-order valence-corrected chi connectivity index (χ1v) is 4.78. The minimum atomic E-state index is -0.391. The number of amides is 1. The highest BCUT2D eigenvalue weighted by Gasteiger charge is 2.04. The van der Waals surface area contributed by atoms with Gasteiger partial charge in [0.15, 0.2) is 0 Å². The third-order valence-electron chi connectivity index (χ3n) is 1.80. The number of nitrogens with zero attached hydrogens (tertiary/aromatic N) is 2. The van der Waals surface area contributed by atoms with Crippen LogP contribution in [0.3, 0.4) is 0 Å². The zero-order valence-corrected chi connectivity index (χ0v) is 8.97. The molecule has 1 rings (SSSR count). The van der Waals surface area contributed by atoms with Gasteiger partial charge in [-0.1, -0.05) is 0 Å². The van der Waals surface area contributed by atoms with E-state index in [1.807, 2.05) is 0 Å². The number of nitrogens with one attached hydrogen (secondary N) is 1. The molecule has 7 heteroatoms. The van der Waals surface area contributed by atoms with Crippen molar-refractivity contribution in [2.75, 3.05) is 20.2 Å². The van der Waals surface area contributed by atoms with Gasteiger partial charge < -0.3 is 15.8 Å². The average Bonchev–Trinajstić information content (AvgIpc) is 2.29. The normalized spacial score (nSPS) is 9.88. The lowest BCUT2D eigenvalue weighted by Crippen LogP contribution is -2.31. The van der Waals surface area contributed by atoms with E-state index >= 15 is 0 Å². The molecule has 0 atom stereocenters. The van der Waals surface area contributed by atoms with Crippen LogP contribution in [-0.4, -0.2) is 35.9 Å². The Hall–Kier alpha value is -1.89. The molecule has 0 aliphatic heterocycles. The van der Waals surface area contributed by atoms with Crippen LogP contribution in [0.1, 0.15) is 0 Å². The van der Waals surface area contributed by atoms with Crippen LogP contribution in [0.15, 0.2) is 17.1 Å². The lowest BCUT2D eigenvalue weighted by molar-refractivity contribution is -0.121.